The number of anilines is 1. The molecule has 0 radical (unpaired) electrons. The molecule has 0 unspecified atom stereocenters. The van der Waals surface area contributed by atoms with Crippen LogP contribution in [0.2, 0.25) is 5.02 Å². The zero-order valence-electron chi connectivity index (χ0n) is 16.3. The van der Waals surface area contributed by atoms with Crippen LogP contribution in [0.3, 0.4) is 0 Å². The van der Waals surface area contributed by atoms with Gasteiger partial charge in [-0.15, -0.1) is 0 Å². The predicted molar refractivity (Wildman–Crippen MR) is 123 cm³/mol. The molecule has 1 aromatic heterocycles. The lowest BCUT2D eigenvalue weighted by atomic mass is 10.1. The number of benzene rings is 2. The van der Waals surface area contributed by atoms with Crippen LogP contribution in [0, 0.1) is 13.8 Å². The number of hydrogen-bond acceptors (Lipinski definition) is 3. The predicted octanol–water partition coefficient (Wildman–Crippen LogP) is 4.58. The molecule has 2 heterocycles. The zero-order chi connectivity index (χ0) is 21.4. The second-order valence-electron chi connectivity index (χ2n) is 6.94. The first-order valence-corrected chi connectivity index (χ1v) is 10.1. The van der Waals surface area contributed by atoms with Gasteiger partial charge in [-0.2, -0.15) is 0 Å². The summed E-state index contributed by atoms with van der Waals surface area (Å²) < 4.78 is 2.08. The summed E-state index contributed by atoms with van der Waals surface area (Å²) >= 11 is 11.3. The van der Waals surface area contributed by atoms with Gasteiger partial charge in [0.15, 0.2) is 5.11 Å². The van der Waals surface area contributed by atoms with Crippen LogP contribution in [0.1, 0.15) is 17.0 Å². The molecule has 0 saturated carbocycles. The van der Waals surface area contributed by atoms with Crippen molar-refractivity contribution in [2.24, 2.45) is 0 Å². The first kappa shape index (κ1) is 20.1. The minimum atomic E-state index is -0.521. The Morgan fingerprint density at radius 2 is 1.67 bits per heavy atom. The Morgan fingerprint density at radius 3 is 2.37 bits per heavy atom. The number of nitrogens with one attached hydrogen (secondary N) is 1. The van der Waals surface area contributed by atoms with Gasteiger partial charge < -0.3 is 4.57 Å². The molecule has 3 aromatic rings. The number of carbonyl (C=O) groups excluding carboxylic acids is 2. The van der Waals surface area contributed by atoms with Crippen molar-refractivity contribution in [2.75, 3.05) is 4.90 Å². The molecule has 0 aliphatic carbocycles. The third-order valence-corrected chi connectivity index (χ3v) is 5.47. The van der Waals surface area contributed by atoms with Crippen molar-refractivity contribution in [3.8, 4) is 5.69 Å². The lowest BCUT2D eigenvalue weighted by molar-refractivity contribution is -0.122. The van der Waals surface area contributed by atoms with E-state index in [1.54, 1.807) is 30.3 Å². The van der Waals surface area contributed by atoms with E-state index in [0.717, 1.165) is 22.6 Å². The van der Waals surface area contributed by atoms with Gasteiger partial charge in [-0.05, 0) is 74.1 Å². The fourth-order valence-electron chi connectivity index (χ4n) is 3.57. The van der Waals surface area contributed by atoms with Crippen molar-refractivity contribution in [1.29, 1.82) is 0 Å². The van der Waals surface area contributed by atoms with E-state index in [2.05, 4.69) is 9.88 Å². The summed E-state index contributed by atoms with van der Waals surface area (Å²) in [7, 11) is 0. The van der Waals surface area contributed by atoms with E-state index < -0.39 is 11.8 Å². The number of nitrogens with zero attached hydrogens (tertiary/aromatic N) is 2. The SMILES string of the molecule is Cc1cc(/C=C2/C(=O)NC(=S)N(c3cccc(Cl)c3)C2=O)c(C)n1-c1ccccc1. The molecule has 0 spiro atoms. The molecular formula is C23H18ClN3O2S. The minimum Gasteiger partial charge on any atom is -0.318 e. The van der Waals surface area contributed by atoms with Crippen LogP contribution in [0.4, 0.5) is 5.69 Å². The average Bonchev–Trinajstić information content (AvgIpc) is 2.99. The van der Waals surface area contributed by atoms with Gasteiger partial charge in [0.05, 0.1) is 5.69 Å². The van der Waals surface area contributed by atoms with Crippen molar-refractivity contribution in [3.63, 3.8) is 0 Å². The zero-order valence-corrected chi connectivity index (χ0v) is 17.9. The van der Waals surface area contributed by atoms with Gasteiger partial charge in [0.1, 0.15) is 5.57 Å². The Labute approximate surface area is 184 Å². The molecule has 150 valence electrons. The number of aryl methyl sites for hydroxylation is 1. The Kier molecular flexibility index (Phi) is 5.28. The molecule has 30 heavy (non-hydrogen) atoms. The molecule has 1 saturated heterocycles. The van der Waals surface area contributed by atoms with Crippen LogP contribution in [0.5, 0.6) is 0 Å². The molecular weight excluding hydrogens is 418 g/mol. The van der Waals surface area contributed by atoms with E-state index in [0.29, 0.717) is 10.7 Å². The summed E-state index contributed by atoms with van der Waals surface area (Å²) in [5, 5.41) is 3.10. The lowest BCUT2D eigenvalue weighted by Gasteiger charge is -2.29. The van der Waals surface area contributed by atoms with E-state index in [1.807, 2.05) is 50.2 Å². The Morgan fingerprint density at radius 1 is 0.967 bits per heavy atom. The Bertz CT molecular complexity index is 1210. The largest absolute Gasteiger partial charge is 0.318 e. The normalized spacial score (nSPS) is 15.6. The van der Waals surface area contributed by atoms with Crippen LogP contribution in [0.25, 0.3) is 11.8 Å². The number of carbonyl (C=O) groups is 2. The van der Waals surface area contributed by atoms with Gasteiger partial charge in [0, 0.05) is 22.1 Å². The van der Waals surface area contributed by atoms with Crippen LogP contribution >= 0.6 is 23.8 Å². The van der Waals surface area contributed by atoms with E-state index in [9.17, 15) is 9.59 Å². The van der Waals surface area contributed by atoms with Gasteiger partial charge in [-0.1, -0.05) is 35.9 Å². The van der Waals surface area contributed by atoms with Gasteiger partial charge in [0.25, 0.3) is 11.8 Å². The first-order chi connectivity index (χ1) is 14.4. The van der Waals surface area contributed by atoms with Crippen molar-refractivity contribution in [3.05, 3.63) is 88.2 Å². The third kappa shape index (κ3) is 3.56. The topological polar surface area (TPSA) is 54.3 Å². The fourth-order valence-corrected chi connectivity index (χ4v) is 4.04. The van der Waals surface area contributed by atoms with Gasteiger partial charge in [0.2, 0.25) is 0 Å². The van der Waals surface area contributed by atoms with E-state index >= 15 is 0 Å². The van der Waals surface area contributed by atoms with Crippen molar-refractivity contribution < 1.29 is 9.59 Å². The maximum atomic E-state index is 13.2. The van der Waals surface area contributed by atoms with Gasteiger partial charge in [-0.3, -0.25) is 19.8 Å². The van der Waals surface area contributed by atoms with Crippen LogP contribution in [-0.2, 0) is 9.59 Å². The molecule has 4 rings (SSSR count). The molecule has 0 bridgehead atoms. The summed E-state index contributed by atoms with van der Waals surface area (Å²) in [5.41, 5.74) is 4.23. The number of rotatable bonds is 3. The summed E-state index contributed by atoms with van der Waals surface area (Å²) in [6.45, 7) is 3.94. The van der Waals surface area contributed by atoms with Crippen LogP contribution < -0.4 is 10.2 Å². The third-order valence-electron chi connectivity index (χ3n) is 4.95. The summed E-state index contributed by atoms with van der Waals surface area (Å²) in [6, 6.07) is 18.6. The highest BCUT2D eigenvalue weighted by atomic mass is 35.5. The molecule has 5 nitrogen and oxygen atoms in total. The van der Waals surface area contributed by atoms with Crippen molar-refractivity contribution in [1.82, 2.24) is 9.88 Å². The second kappa shape index (κ2) is 7.89. The molecule has 2 amide bonds. The van der Waals surface area contributed by atoms with Crippen LogP contribution in [0.15, 0.2) is 66.2 Å². The van der Waals surface area contributed by atoms with E-state index in [4.69, 9.17) is 23.8 Å². The molecule has 1 aliphatic rings. The molecule has 2 aromatic carbocycles. The molecule has 0 atom stereocenters. The van der Waals surface area contributed by atoms with Crippen LogP contribution in [-0.4, -0.2) is 21.5 Å². The smallest absolute Gasteiger partial charge is 0.270 e. The maximum absolute atomic E-state index is 13.2. The quantitative estimate of drug-likeness (QED) is 0.372. The monoisotopic (exact) mass is 435 g/mol. The number of aromatic nitrogens is 1. The van der Waals surface area contributed by atoms with Crippen molar-refractivity contribution in [2.45, 2.75) is 13.8 Å². The first-order valence-electron chi connectivity index (χ1n) is 9.28. The number of para-hydroxylation sites is 1. The number of halogens is 1. The average molecular weight is 436 g/mol. The summed E-state index contributed by atoms with van der Waals surface area (Å²) in [6.07, 6.45) is 1.61. The highest BCUT2D eigenvalue weighted by Crippen LogP contribution is 2.27. The summed E-state index contributed by atoms with van der Waals surface area (Å²) in [5.74, 6) is -1.01. The Hall–Kier alpha value is -3.22. The second-order valence-corrected chi connectivity index (χ2v) is 7.76. The van der Waals surface area contributed by atoms with Crippen molar-refractivity contribution >= 4 is 52.5 Å². The minimum absolute atomic E-state index is 0.0110. The van der Waals surface area contributed by atoms with E-state index in [1.165, 1.54) is 4.90 Å². The number of hydrogen-bond donors (Lipinski definition) is 1. The molecule has 1 aliphatic heterocycles. The van der Waals surface area contributed by atoms with E-state index in [-0.39, 0.29) is 10.7 Å². The summed E-state index contributed by atoms with van der Waals surface area (Å²) in [4.78, 5) is 27.1. The van der Waals surface area contributed by atoms with Gasteiger partial charge >= 0.3 is 0 Å². The number of thiocarbonyl (C=S) groups is 1. The standard InChI is InChI=1S/C23H18ClN3O2S/c1-14-11-16(15(2)26(14)18-8-4-3-5-9-18)12-20-21(28)25-23(30)27(22(20)29)19-10-6-7-17(24)13-19/h3-13H,1-2H3,(H,25,28,30)/b20-12-. The highest BCUT2D eigenvalue weighted by molar-refractivity contribution is 7.80. The fraction of sp³-hybridized carbons (Fsp3) is 0.0870. The highest BCUT2D eigenvalue weighted by Gasteiger charge is 2.34. The van der Waals surface area contributed by atoms with Gasteiger partial charge in [-0.25, -0.2) is 0 Å². The lowest BCUT2D eigenvalue weighted by Crippen LogP contribution is -2.54. The maximum Gasteiger partial charge on any atom is 0.270 e. The number of amides is 2. The molecule has 7 heteroatoms. The molecule has 1 N–H and O–H groups in total. The Balaban J connectivity index is 1.77. The molecule has 1 fully saturated rings.